The maximum Gasteiger partial charge on any atom is 0.247 e. The molecule has 1 heterocycles. The summed E-state index contributed by atoms with van der Waals surface area (Å²) in [4.78, 5) is 38.9. The highest BCUT2D eigenvalue weighted by Gasteiger charge is 2.40. The first-order valence-electron chi connectivity index (χ1n) is 10.5. The van der Waals surface area contributed by atoms with Crippen LogP contribution in [0.25, 0.3) is 10.8 Å². The van der Waals surface area contributed by atoms with Crippen molar-refractivity contribution in [3.8, 4) is 5.75 Å². The van der Waals surface area contributed by atoms with Gasteiger partial charge in [0.25, 0.3) is 0 Å². The van der Waals surface area contributed by atoms with E-state index >= 15 is 0 Å². The van der Waals surface area contributed by atoms with Crippen LogP contribution in [0.4, 0.5) is 11.4 Å². The molecule has 164 valence electrons. The van der Waals surface area contributed by atoms with Crippen LogP contribution < -0.4 is 15.0 Å². The summed E-state index contributed by atoms with van der Waals surface area (Å²) in [6, 6.07) is 20.6. The Morgan fingerprint density at radius 2 is 1.81 bits per heavy atom. The molecule has 1 saturated heterocycles. The van der Waals surface area contributed by atoms with Crippen LogP contribution in [0.2, 0.25) is 0 Å². The Balaban J connectivity index is 1.34. The predicted molar refractivity (Wildman–Crippen MR) is 128 cm³/mol. The summed E-state index contributed by atoms with van der Waals surface area (Å²) < 4.78 is 5.55. The van der Waals surface area contributed by atoms with Crippen molar-refractivity contribution in [2.45, 2.75) is 25.0 Å². The normalized spacial score (nSPS) is 15.9. The van der Waals surface area contributed by atoms with Crippen molar-refractivity contribution < 1.29 is 19.1 Å². The molecule has 0 saturated carbocycles. The SMILES string of the molecule is CCCOc1ccc(N2C(=O)C[C@@H](SCC(=O)Nc3ccc4ccccc4c3)C2=O)cc1. The van der Waals surface area contributed by atoms with Crippen molar-refractivity contribution in [2.75, 3.05) is 22.6 Å². The van der Waals surface area contributed by atoms with Gasteiger partial charge in [-0.15, -0.1) is 11.8 Å². The fraction of sp³-hybridized carbons (Fsp3) is 0.240. The molecular formula is C25H24N2O4S. The van der Waals surface area contributed by atoms with E-state index in [0.29, 0.717) is 23.7 Å². The molecular weight excluding hydrogens is 424 g/mol. The molecule has 0 unspecified atom stereocenters. The maximum absolute atomic E-state index is 12.8. The van der Waals surface area contributed by atoms with E-state index in [1.54, 1.807) is 24.3 Å². The number of imide groups is 1. The van der Waals surface area contributed by atoms with Gasteiger partial charge in [-0.05, 0) is 53.6 Å². The largest absolute Gasteiger partial charge is 0.494 e. The quantitative estimate of drug-likeness (QED) is 0.509. The molecule has 0 aliphatic carbocycles. The minimum absolute atomic E-state index is 0.0842. The zero-order valence-corrected chi connectivity index (χ0v) is 18.6. The van der Waals surface area contributed by atoms with Crippen LogP contribution in [0, 0.1) is 0 Å². The highest BCUT2D eigenvalue weighted by molar-refractivity contribution is 8.01. The topological polar surface area (TPSA) is 75.7 Å². The number of benzene rings is 3. The lowest BCUT2D eigenvalue weighted by Gasteiger charge is -2.15. The Kier molecular flexibility index (Phi) is 6.75. The Hall–Kier alpha value is -3.32. The van der Waals surface area contributed by atoms with Gasteiger partial charge in [-0.25, -0.2) is 4.90 Å². The van der Waals surface area contributed by atoms with E-state index in [1.165, 1.54) is 16.7 Å². The maximum atomic E-state index is 12.8. The molecule has 0 spiro atoms. The van der Waals surface area contributed by atoms with Crippen LogP contribution in [-0.2, 0) is 14.4 Å². The molecule has 1 aliphatic rings. The van der Waals surface area contributed by atoms with Crippen LogP contribution in [0.1, 0.15) is 19.8 Å². The fourth-order valence-corrected chi connectivity index (χ4v) is 4.49. The number of anilines is 2. The van der Waals surface area contributed by atoms with Crippen LogP contribution in [0.15, 0.2) is 66.7 Å². The number of ether oxygens (including phenoxy) is 1. The number of rotatable bonds is 8. The smallest absolute Gasteiger partial charge is 0.247 e. The number of hydrogen-bond acceptors (Lipinski definition) is 5. The summed E-state index contributed by atoms with van der Waals surface area (Å²) in [7, 11) is 0. The first-order chi connectivity index (χ1) is 15.5. The summed E-state index contributed by atoms with van der Waals surface area (Å²) in [5, 5.41) is 4.43. The third kappa shape index (κ3) is 4.94. The molecule has 1 aliphatic heterocycles. The summed E-state index contributed by atoms with van der Waals surface area (Å²) in [5.74, 6) is 0.0338. The summed E-state index contributed by atoms with van der Waals surface area (Å²) in [6.45, 7) is 2.64. The monoisotopic (exact) mass is 448 g/mol. The molecule has 7 heteroatoms. The number of nitrogens with one attached hydrogen (secondary N) is 1. The number of carbonyl (C=O) groups is 3. The molecule has 0 radical (unpaired) electrons. The highest BCUT2D eigenvalue weighted by Crippen LogP contribution is 2.31. The van der Waals surface area contributed by atoms with Crippen LogP contribution in [-0.4, -0.2) is 35.3 Å². The minimum atomic E-state index is -0.569. The average molecular weight is 449 g/mol. The Bertz CT molecular complexity index is 1150. The van der Waals surface area contributed by atoms with Crippen molar-refractivity contribution in [3.63, 3.8) is 0 Å². The number of fused-ring (bicyclic) bond motifs is 1. The lowest BCUT2D eigenvalue weighted by Crippen LogP contribution is -2.31. The first kappa shape index (κ1) is 21.9. The number of nitrogens with zero attached hydrogens (tertiary/aromatic N) is 1. The van der Waals surface area contributed by atoms with Gasteiger partial charge in [0.05, 0.1) is 23.3 Å². The number of hydrogen-bond donors (Lipinski definition) is 1. The molecule has 3 aromatic rings. The van der Waals surface area contributed by atoms with Crippen molar-refractivity contribution in [1.29, 1.82) is 0 Å². The second-order valence-electron chi connectivity index (χ2n) is 7.52. The van der Waals surface area contributed by atoms with Gasteiger partial charge in [0.15, 0.2) is 0 Å². The van der Waals surface area contributed by atoms with Gasteiger partial charge in [-0.2, -0.15) is 0 Å². The lowest BCUT2D eigenvalue weighted by atomic mass is 10.1. The van der Waals surface area contributed by atoms with Gasteiger partial charge in [-0.3, -0.25) is 14.4 Å². The summed E-state index contributed by atoms with van der Waals surface area (Å²) in [6.07, 6.45) is 0.985. The Labute approximate surface area is 190 Å². The minimum Gasteiger partial charge on any atom is -0.494 e. The number of carbonyl (C=O) groups excluding carboxylic acids is 3. The van der Waals surface area contributed by atoms with Gasteiger partial charge < -0.3 is 10.1 Å². The van der Waals surface area contributed by atoms with E-state index in [1.807, 2.05) is 49.4 Å². The molecule has 3 amide bonds. The van der Waals surface area contributed by atoms with E-state index in [-0.39, 0.29) is 29.9 Å². The van der Waals surface area contributed by atoms with Crippen LogP contribution in [0.3, 0.4) is 0 Å². The van der Waals surface area contributed by atoms with E-state index in [4.69, 9.17) is 4.74 Å². The van der Waals surface area contributed by atoms with E-state index < -0.39 is 5.25 Å². The summed E-state index contributed by atoms with van der Waals surface area (Å²) >= 11 is 1.19. The zero-order valence-electron chi connectivity index (χ0n) is 17.7. The van der Waals surface area contributed by atoms with E-state index in [0.717, 1.165) is 17.2 Å². The number of amides is 3. The van der Waals surface area contributed by atoms with Crippen LogP contribution >= 0.6 is 11.8 Å². The zero-order chi connectivity index (χ0) is 22.5. The second-order valence-corrected chi connectivity index (χ2v) is 8.71. The van der Waals surface area contributed by atoms with Gasteiger partial charge >= 0.3 is 0 Å². The van der Waals surface area contributed by atoms with Gasteiger partial charge in [0.1, 0.15) is 5.75 Å². The highest BCUT2D eigenvalue weighted by atomic mass is 32.2. The van der Waals surface area contributed by atoms with Gasteiger partial charge in [-0.1, -0.05) is 37.3 Å². The standard InChI is InChI=1S/C25H24N2O4S/c1-2-13-31-21-11-9-20(10-12-21)27-24(29)15-22(25(27)30)32-16-23(28)26-19-8-7-17-5-3-4-6-18(17)14-19/h3-12,14,22H,2,13,15-16H2,1H3,(H,26,28)/t22-/m1/s1. The third-order valence-corrected chi connectivity index (χ3v) is 6.32. The second kappa shape index (κ2) is 9.87. The van der Waals surface area contributed by atoms with E-state index in [9.17, 15) is 14.4 Å². The molecule has 1 fully saturated rings. The average Bonchev–Trinajstić information content (AvgIpc) is 3.09. The third-order valence-electron chi connectivity index (χ3n) is 5.12. The van der Waals surface area contributed by atoms with Crippen molar-refractivity contribution >= 4 is 51.6 Å². The van der Waals surface area contributed by atoms with Crippen molar-refractivity contribution in [3.05, 3.63) is 66.7 Å². The van der Waals surface area contributed by atoms with E-state index in [2.05, 4.69) is 5.32 Å². The Morgan fingerprint density at radius 3 is 2.56 bits per heavy atom. The van der Waals surface area contributed by atoms with Crippen molar-refractivity contribution in [1.82, 2.24) is 0 Å². The van der Waals surface area contributed by atoms with Gasteiger partial charge in [0.2, 0.25) is 17.7 Å². The molecule has 1 N–H and O–H groups in total. The van der Waals surface area contributed by atoms with Crippen LogP contribution in [0.5, 0.6) is 5.75 Å². The molecule has 3 aromatic carbocycles. The van der Waals surface area contributed by atoms with Gasteiger partial charge in [0, 0.05) is 12.1 Å². The molecule has 1 atom stereocenters. The number of thioether (sulfide) groups is 1. The molecule has 0 bridgehead atoms. The first-order valence-corrected chi connectivity index (χ1v) is 11.6. The Morgan fingerprint density at radius 1 is 1.06 bits per heavy atom. The fourth-order valence-electron chi connectivity index (χ4n) is 3.56. The molecule has 6 nitrogen and oxygen atoms in total. The predicted octanol–water partition coefficient (Wildman–Crippen LogP) is 4.63. The lowest BCUT2D eigenvalue weighted by molar-refractivity contribution is -0.121. The molecule has 4 rings (SSSR count). The molecule has 0 aromatic heterocycles. The molecule has 32 heavy (non-hydrogen) atoms. The van der Waals surface area contributed by atoms with Crippen molar-refractivity contribution in [2.24, 2.45) is 0 Å². The summed E-state index contributed by atoms with van der Waals surface area (Å²) in [5.41, 5.74) is 1.22.